The van der Waals surface area contributed by atoms with Crippen molar-refractivity contribution in [3.05, 3.63) is 11.6 Å². The monoisotopic (exact) mass is 213 g/mol. The zero-order valence-corrected chi connectivity index (χ0v) is 11.1. The van der Waals surface area contributed by atoms with Gasteiger partial charge in [-0.15, -0.1) is 0 Å². The van der Waals surface area contributed by atoms with Crippen molar-refractivity contribution in [2.45, 2.75) is 52.1 Å². The molecule has 3 heteroatoms. The highest BCUT2D eigenvalue weighted by Crippen LogP contribution is 2.26. The predicted molar refractivity (Wildman–Crippen MR) is 67.5 cm³/mol. The number of allylic oxidation sites excluding steroid dienone is 1. The van der Waals surface area contributed by atoms with E-state index in [9.17, 15) is 0 Å². The molecule has 0 bridgehead atoms. The van der Waals surface area contributed by atoms with E-state index in [-0.39, 0.29) is 11.6 Å². The van der Waals surface area contributed by atoms with E-state index in [1.54, 1.807) is 0 Å². The van der Waals surface area contributed by atoms with Gasteiger partial charge in [0, 0.05) is 5.54 Å². The highest BCUT2D eigenvalue weighted by atomic mass is 15.3. The lowest BCUT2D eigenvalue weighted by Gasteiger charge is -2.44. The first-order chi connectivity index (χ1) is 6.94. The SMILES string of the molecule is CCC(CC)(C(C=C(C)C)NN)N(C)C. The van der Waals surface area contributed by atoms with Crippen molar-refractivity contribution in [3.8, 4) is 0 Å². The van der Waals surface area contributed by atoms with Gasteiger partial charge in [0.1, 0.15) is 0 Å². The van der Waals surface area contributed by atoms with Crippen LogP contribution < -0.4 is 11.3 Å². The van der Waals surface area contributed by atoms with E-state index in [0.717, 1.165) is 12.8 Å². The Morgan fingerprint density at radius 1 is 1.33 bits per heavy atom. The van der Waals surface area contributed by atoms with E-state index in [4.69, 9.17) is 5.84 Å². The minimum atomic E-state index is 0.103. The highest BCUT2D eigenvalue weighted by molar-refractivity contribution is 5.11. The van der Waals surface area contributed by atoms with Gasteiger partial charge in [-0.3, -0.25) is 11.3 Å². The molecule has 15 heavy (non-hydrogen) atoms. The van der Waals surface area contributed by atoms with Gasteiger partial charge in [0.05, 0.1) is 6.04 Å². The van der Waals surface area contributed by atoms with E-state index < -0.39 is 0 Å². The van der Waals surface area contributed by atoms with Crippen LogP contribution in [0.5, 0.6) is 0 Å². The van der Waals surface area contributed by atoms with Crippen LogP contribution in [0, 0.1) is 0 Å². The largest absolute Gasteiger partial charge is 0.302 e. The van der Waals surface area contributed by atoms with Gasteiger partial charge in [0.2, 0.25) is 0 Å². The Morgan fingerprint density at radius 3 is 2.00 bits per heavy atom. The van der Waals surface area contributed by atoms with E-state index in [2.05, 4.69) is 58.2 Å². The summed E-state index contributed by atoms with van der Waals surface area (Å²) in [5, 5.41) is 0. The van der Waals surface area contributed by atoms with Crippen LogP contribution in [0.15, 0.2) is 11.6 Å². The van der Waals surface area contributed by atoms with Crippen LogP contribution in [0.3, 0.4) is 0 Å². The van der Waals surface area contributed by atoms with E-state index >= 15 is 0 Å². The summed E-state index contributed by atoms with van der Waals surface area (Å²) in [5.74, 6) is 5.67. The number of likely N-dealkylation sites (N-methyl/N-ethyl adjacent to an activating group) is 1. The molecule has 90 valence electrons. The molecule has 3 nitrogen and oxygen atoms in total. The number of nitrogens with zero attached hydrogens (tertiary/aromatic N) is 1. The Kier molecular flexibility index (Phi) is 6.10. The minimum absolute atomic E-state index is 0.103. The number of nitrogens with one attached hydrogen (secondary N) is 1. The maximum Gasteiger partial charge on any atom is 0.0576 e. The molecule has 1 atom stereocenters. The fraction of sp³-hybridized carbons (Fsp3) is 0.833. The number of hydrazine groups is 1. The van der Waals surface area contributed by atoms with Gasteiger partial charge in [-0.05, 0) is 40.8 Å². The van der Waals surface area contributed by atoms with Gasteiger partial charge < -0.3 is 4.90 Å². The summed E-state index contributed by atoms with van der Waals surface area (Å²) >= 11 is 0. The molecule has 0 aliphatic carbocycles. The first-order valence-corrected chi connectivity index (χ1v) is 5.73. The molecule has 0 saturated carbocycles. The molecule has 1 unspecified atom stereocenters. The van der Waals surface area contributed by atoms with Gasteiger partial charge in [0.25, 0.3) is 0 Å². The molecule has 3 N–H and O–H groups in total. The fourth-order valence-corrected chi connectivity index (χ4v) is 2.29. The molecule has 0 aromatic rings. The first-order valence-electron chi connectivity index (χ1n) is 5.73. The molecule has 0 aromatic heterocycles. The molecule has 0 aliphatic heterocycles. The second-order valence-electron chi connectivity index (χ2n) is 4.59. The minimum Gasteiger partial charge on any atom is -0.302 e. The zero-order chi connectivity index (χ0) is 12.1. The summed E-state index contributed by atoms with van der Waals surface area (Å²) in [4.78, 5) is 2.27. The Morgan fingerprint density at radius 2 is 1.80 bits per heavy atom. The Labute approximate surface area is 94.7 Å². The molecule has 0 aliphatic rings. The summed E-state index contributed by atoms with van der Waals surface area (Å²) in [5.41, 5.74) is 4.34. The second-order valence-corrected chi connectivity index (χ2v) is 4.59. The molecule has 0 spiro atoms. The van der Waals surface area contributed by atoms with Crippen LogP contribution in [0.2, 0.25) is 0 Å². The lowest BCUT2D eigenvalue weighted by molar-refractivity contribution is 0.107. The standard InChI is InChI=1S/C12H27N3/c1-7-12(8-2,15(5)6)11(14-13)9-10(3)4/h9,11,14H,7-8,13H2,1-6H3. The van der Waals surface area contributed by atoms with Crippen LogP contribution in [-0.4, -0.2) is 30.6 Å². The molecule has 0 heterocycles. The summed E-state index contributed by atoms with van der Waals surface area (Å²) in [6.45, 7) is 8.64. The van der Waals surface area contributed by atoms with Crippen LogP contribution in [-0.2, 0) is 0 Å². The second kappa shape index (κ2) is 6.26. The Balaban J connectivity index is 5.09. The van der Waals surface area contributed by atoms with Crippen molar-refractivity contribution in [1.82, 2.24) is 10.3 Å². The van der Waals surface area contributed by atoms with Crippen LogP contribution in [0.25, 0.3) is 0 Å². The maximum absolute atomic E-state index is 5.67. The van der Waals surface area contributed by atoms with Crippen molar-refractivity contribution >= 4 is 0 Å². The molecular formula is C12H27N3. The number of hydrogen-bond donors (Lipinski definition) is 2. The molecule has 0 fully saturated rings. The molecular weight excluding hydrogens is 186 g/mol. The average Bonchev–Trinajstić information content (AvgIpc) is 2.17. The third-order valence-corrected chi connectivity index (χ3v) is 3.37. The summed E-state index contributed by atoms with van der Waals surface area (Å²) < 4.78 is 0. The normalized spacial score (nSPS) is 14.1. The van der Waals surface area contributed by atoms with Gasteiger partial charge in [0.15, 0.2) is 0 Å². The molecule has 0 saturated heterocycles. The Hall–Kier alpha value is -0.380. The summed E-state index contributed by atoms with van der Waals surface area (Å²) in [6, 6.07) is 0.201. The number of nitrogens with two attached hydrogens (primary N) is 1. The quantitative estimate of drug-likeness (QED) is 0.402. The van der Waals surface area contributed by atoms with Crippen molar-refractivity contribution in [2.24, 2.45) is 5.84 Å². The van der Waals surface area contributed by atoms with Gasteiger partial charge in [-0.2, -0.15) is 0 Å². The number of hydrogen-bond acceptors (Lipinski definition) is 3. The van der Waals surface area contributed by atoms with Gasteiger partial charge in [-0.1, -0.05) is 25.5 Å². The van der Waals surface area contributed by atoms with Crippen molar-refractivity contribution in [3.63, 3.8) is 0 Å². The predicted octanol–water partition coefficient (Wildman–Crippen LogP) is 1.90. The highest BCUT2D eigenvalue weighted by Gasteiger charge is 2.35. The zero-order valence-electron chi connectivity index (χ0n) is 11.1. The molecule has 0 rings (SSSR count). The Bertz CT molecular complexity index is 201. The first kappa shape index (κ1) is 14.6. The molecule has 0 aromatic carbocycles. The third kappa shape index (κ3) is 3.30. The van der Waals surface area contributed by atoms with Crippen LogP contribution >= 0.6 is 0 Å². The lowest BCUT2D eigenvalue weighted by Crippen LogP contribution is -2.59. The maximum atomic E-state index is 5.67. The van der Waals surface area contributed by atoms with Gasteiger partial charge >= 0.3 is 0 Å². The third-order valence-electron chi connectivity index (χ3n) is 3.37. The van der Waals surface area contributed by atoms with Crippen LogP contribution in [0.1, 0.15) is 40.5 Å². The number of rotatable bonds is 6. The van der Waals surface area contributed by atoms with Crippen molar-refractivity contribution in [1.29, 1.82) is 0 Å². The van der Waals surface area contributed by atoms with E-state index in [1.807, 2.05) is 0 Å². The summed E-state index contributed by atoms with van der Waals surface area (Å²) in [6.07, 6.45) is 4.37. The van der Waals surface area contributed by atoms with Crippen molar-refractivity contribution in [2.75, 3.05) is 14.1 Å². The van der Waals surface area contributed by atoms with Crippen LogP contribution in [0.4, 0.5) is 0 Å². The molecule has 0 radical (unpaired) electrons. The van der Waals surface area contributed by atoms with E-state index in [1.165, 1.54) is 5.57 Å². The lowest BCUT2D eigenvalue weighted by atomic mass is 9.82. The average molecular weight is 213 g/mol. The van der Waals surface area contributed by atoms with Crippen molar-refractivity contribution < 1.29 is 0 Å². The van der Waals surface area contributed by atoms with Gasteiger partial charge in [-0.25, -0.2) is 0 Å². The van der Waals surface area contributed by atoms with E-state index in [0.29, 0.717) is 0 Å². The molecule has 0 amide bonds. The topological polar surface area (TPSA) is 41.3 Å². The summed E-state index contributed by atoms with van der Waals surface area (Å²) in [7, 11) is 4.24. The fourth-order valence-electron chi connectivity index (χ4n) is 2.29. The smallest absolute Gasteiger partial charge is 0.0576 e.